The van der Waals surface area contributed by atoms with Gasteiger partial charge >= 0.3 is 12.1 Å². The van der Waals surface area contributed by atoms with Gasteiger partial charge in [-0.15, -0.1) is 0 Å². The first-order valence-corrected chi connectivity index (χ1v) is 6.96. The van der Waals surface area contributed by atoms with Crippen LogP contribution in [0.1, 0.15) is 39.3 Å². The van der Waals surface area contributed by atoms with Crippen molar-refractivity contribution in [3.05, 3.63) is 34.9 Å². The number of aliphatic carboxylic acids is 1. The van der Waals surface area contributed by atoms with E-state index in [0.717, 1.165) is 0 Å². The second-order valence-electron chi connectivity index (χ2n) is 5.80. The fourth-order valence-corrected chi connectivity index (χ4v) is 1.87. The van der Waals surface area contributed by atoms with Gasteiger partial charge in [-0.2, -0.15) is 0 Å². The topological polar surface area (TPSA) is 75.6 Å². The molecule has 2 atom stereocenters. The van der Waals surface area contributed by atoms with Gasteiger partial charge in [-0.05, 0) is 45.4 Å². The van der Waals surface area contributed by atoms with E-state index in [1.807, 2.05) is 0 Å². The van der Waals surface area contributed by atoms with Crippen molar-refractivity contribution in [2.75, 3.05) is 0 Å². The van der Waals surface area contributed by atoms with Gasteiger partial charge < -0.3 is 15.2 Å². The minimum atomic E-state index is -1.01. The van der Waals surface area contributed by atoms with Gasteiger partial charge in [-0.25, -0.2) is 4.79 Å². The van der Waals surface area contributed by atoms with Crippen molar-refractivity contribution < 1.29 is 19.4 Å². The Labute approximate surface area is 129 Å². The zero-order valence-corrected chi connectivity index (χ0v) is 13.3. The lowest BCUT2D eigenvalue weighted by molar-refractivity contribution is -0.142. The number of carbonyl (C=O) groups is 2. The van der Waals surface area contributed by atoms with Crippen LogP contribution in [0, 0.1) is 5.92 Å². The highest BCUT2D eigenvalue weighted by Gasteiger charge is 2.28. The summed E-state index contributed by atoms with van der Waals surface area (Å²) in [6.07, 6.45) is -0.657. The Kier molecular flexibility index (Phi) is 5.61. The fourth-order valence-electron chi connectivity index (χ4n) is 1.74. The average Bonchev–Trinajstić information content (AvgIpc) is 2.34. The first-order chi connectivity index (χ1) is 9.60. The van der Waals surface area contributed by atoms with Crippen molar-refractivity contribution in [2.24, 2.45) is 5.92 Å². The van der Waals surface area contributed by atoms with E-state index in [9.17, 15) is 14.7 Å². The number of hydrogen-bond acceptors (Lipinski definition) is 3. The predicted octanol–water partition coefficient (Wildman–Crippen LogP) is 3.63. The summed E-state index contributed by atoms with van der Waals surface area (Å²) in [4.78, 5) is 23.1. The maximum absolute atomic E-state index is 11.9. The van der Waals surface area contributed by atoms with Crippen molar-refractivity contribution >= 4 is 23.7 Å². The third-order valence-corrected chi connectivity index (χ3v) is 3.04. The van der Waals surface area contributed by atoms with Crippen LogP contribution in [0.25, 0.3) is 0 Å². The summed E-state index contributed by atoms with van der Waals surface area (Å²) >= 11 is 5.82. The summed E-state index contributed by atoms with van der Waals surface area (Å²) < 4.78 is 5.17. The van der Waals surface area contributed by atoms with Gasteiger partial charge in [0, 0.05) is 5.02 Å². The largest absolute Gasteiger partial charge is 0.481 e. The molecule has 0 aromatic heterocycles. The van der Waals surface area contributed by atoms with Gasteiger partial charge in [0.1, 0.15) is 5.60 Å². The molecule has 0 radical (unpaired) electrons. The molecule has 21 heavy (non-hydrogen) atoms. The van der Waals surface area contributed by atoms with Crippen LogP contribution in [0.5, 0.6) is 0 Å². The SMILES string of the molecule is C[C@H](C(=O)O)[C@H](NC(=O)OC(C)(C)C)c1ccc(Cl)cc1. The summed E-state index contributed by atoms with van der Waals surface area (Å²) in [7, 11) is 0. The molecule has 1 amide bonds. The standard InChI is InChI=1S/C15H20ClNO4/c1-9(13(18)19)12(10-5-7-11(16)8-6-10)17-14(20)21-15(2,3)4/h5-9,12H,1-4H3,(H,17,20)(H,18,19)/t9-,12-/m0/s1. The van der Waals surface area contributed by atoms with E-state index in [1.165, 1.54) is 6.92 Å². The van der Waals surface area contributed by atoms with Crippen LogP contribution in [0.3, 0.4) is 0 Å². The van der Waals surface area contributed by atoms with E-state index < -0.39 is 29.6 Å². The number of hydrogen-bond donors (Lipinski definition) is 2. The number of halogens is 1. The summed E-state index contributed by atoms with van der Waals surface area (Å²) in [6.45, 7) is 6.75. The zero-order chi connectivity index (χ0) is 16.2. The molecule has 0 saturated heterocycles. The van der Waals surface area contributed by atoms with Gasteiger partial charge in [0.15, 0.2) is 0 Å². The van der Waals surface area contributed by atoms with Gasteiger partial charge in [0.05, 0.1) is 12.0 Å². The molecule has 1 aromatic rings. The minimum absolute atomic E-state index is 0.540. The molecule has 5 nitrogen and oxygen atoms in total. The smallest absolute Gasteiger partial charge is 0.408 e. The Balaban J connectivity index is 2.95. The van der Waals surface area contributed by atoms with Crippen molar-refractivity contribution in [3.8, 4) is 0 Å². The van der Waals surface area contributed by atoms with E-state index in [2.05, 4.69) is 5.32 Å². The number of rotatable bonds is 4. The normalized spacial score (nSPS) is 14.1. The number of amides is 1. The third kappa shape index (κ3) is 5.63. The first kappa shape index (κ1) is 17.3. The van der Waals surface area contributed by atoms with E-state index in [-0.39, 0.29) is 0 Å². The maximum atomic E-state index is 11.9. The van der Waals surface area contributed by atoms with E-state index in [4.69, 9.17) is 16.3 Å². The molecule has 0 fully saturated rings. The lowest BCUT2D eigenvalue weighted by atomic mass is 9.95. The molecule has 0 heterocycles. The molecular formula is C15H20ClNO4. The quantitative estimate of drug-likeness (QED) is 0.890. The molecular weight excluding hydrogens is 294 g/mol. The number of carboxylic acids is 1. The third-order valence-electron chi connectivity index (χ3n) is 2.79. The zero-order valence-electron chi connectivity index (χ0n) is 12.5. The van der Waals surface area contributed by atoms with Crippen molar-refractivity contribution in [3.63, 3.8) is 0 Å². The molecule has 1 aromatic carbocycles. The monoisotopic (exact) mass is 313 g/mol. The predicted molar refractivity (Wildman–Crippen MR) is 80.4 cm³/mol. The lowest BCUT2D eigenvalue weighted by Gasteiger charge is -2.26. The molecule has 0 aliphatic rings. The van der Waals surface area contributed by atoms with Gasteiger partial charge in [-0.1, -0.05) is 23.7 Å². The van der Waals surface area contributed by atoms with Crippen LogP contribution in [-0.2, 0) is 9.53 Å². The Morgan fingerprint density at radius 1 is 1.24 bits per heavy atom. The fraction of sp³-hybridized carbons (Fsp3) is 0.467. The number of carboxylic acid groups (broad SMARTS) is 1. The van der Waals surface area contributed by atoms with Crippen molar-refractivity contribution in [2.45, 2.75) is 39.3 Å². The Hall–Kier alpha value is -1.75. The van der Waals surface area contributed by atoms with Gasteiger partial charge in [-0.3, -0.25) is 4.79 Å². The summed E-state index contributed by atoms with van der Waals surface area (Å²) in [5, 5.41) is 12.3. The second-order valence-corrected chi connectivity index (χ2v) is 6.24. The van der Waals surface area contributed by atoms with Crippen LogP contribution in [0.15, 0.2) is 24.3 Å². The van der Waals surface area contributed by atoms with E-state index in [1.54, 1.807) is 45.0 Å². The molecule has 0 bridgehead atoms. The number of alkyl carbamates (subject to hydrolysis) is 1. The lowest BCUT2D eigenvalue weighted by Crippen LogP contribution is -2.39. The van der Waals surface area contributed by atoms with Crippen LogP contribution in [-0.4, -0.2) is 22.8 Å². The Morgan fingerprint density at radius 2 is 1.76 bits per heavy atom. The van der Waals surface area contributed by atoms with E-state index >= 15 is 0 Å². The summed E-state index contributed by atoms with van der Waals surface area (Å²) in [5.41, 5.74) is 0.00123. The molecule has 0 saturated carbocycles. The maximum Gasteiger partial charge on any atom is 0.408 e. The molecule has 0 spiro atoms. The number of ether oxygens (including phenoxy) is 1. The van der Waals surface area contributed by atoms with Crippen molar-refractivity contribution in [1.82, 2.24) is 5.32 Å². The van der Waals surface area contributed by atoms with Crippen LogP contribution >= 0.6 is 11.6 Å². The molecule has 116 valence electrons. The molecule has 1 rings (SSSR count). The molecule has 6 heteroatoms. The summed E-state index contributed by atoms with van der Waals surface area (Å²) in [5.74, 6) is -1.82. The van der Waals surface area contributed by atoms with Crippen molar-refractivity contribution in [1.29, 1.82) is 0 Å². The Morgan fingerprint density at radius 3 is 2.19 bits per heavy atom. The highest BCUT2D eigenvalue weighted by Crippen LogP contribution is 2.24. The number of carbonyl (C=O) groups excluding carboxylic acids is 1. The first-order valence-electron chi connectivity index (χ1n) is 6.58. The van der Waals surface area contributed by atoms with E-state index in [0.29, 0.717) is 10.6 Å². The van der Waals surface area contributed by atoms with Gasteiger partial charge in [0.2, 0.25) is 0 Å². The van der Waals surface area contributed by atoms with Crippen LogP contribution < -0.4 is 5.32 Å². The van der Waals surface area contributed by atoms with Crippen LogP contribution in [0.2, 0.25) is 5.02 Å². The molecule has 0 unspecified atom stereocenters. The number of nitrogens with one attached hydrogen (secondary N) is 1. The highest BCUT2D eigenvalue weighted by atomic mass is 35.5. The highest BCUT2D eigenvalue weighted by molar-refractivity contribution is 6.30. The second kappa shape index (κ2) is 6.80. The molecule has 0 aliphatic carbocycles. The van der Waals surface area contributed by atoms with Gasteiger partial charge in [0.25, 0.3) is 0 Å². The van der Waals surface area contributed by atoms with Crippen LogP contribution in [0.4, 0.5) is 4.79 Å². The summed E-state index contributed by atoms with van der Waals surface area (Å²) in [6, 6.07) is 5.97. The minimum Gasteiger partial charge on any atom is -0.481 e. The number of benzene rings is 1. The molecule has 0 aliphatic heterocycles. The average molecular weight is 314 g/mol. The Bertz CT molecular complexity index is 507. The molecule has 2 N–H and O–H groups in total.